The molecule has 5 heteroatoms. The molecule has 0 spiro atoms. The third-order valence-electron chi connectivity index (χ3n) is 13.6. The number of unbranched alkanes of at least 4 members (excludes halogenated alkanes) is 43. The number of hydrogen-bond donors (Lipinski definition) is 4. The van der Waals surface area contributed by atoms with Crippen LogP contribution < -0.4 is 5.32 Å². The number of carbonyl (C=O) groups excluding carboxylic acids is 1. The van der Waals surface area contributed by atoms with Gasteiger partial charge in [0.2, 0.25) is 5.91 Å². The summed E-state index contributed by atoms with van der Waals surface area (Å²) in [5, 5.41) is 33.5. The van der Waals surface area contributed by atoms with Gasteiger partial charge in [-0.25, -0.2) is 0 Å². The summed E-state index contributed by atoms with van der Waals surface area (Å²) in [7, 11) is 0. The topological polar surface area (TPSA) is 89.8 Å². The summed E-state index contributed by atoms with van der Waals surface area (Å²) in [6, 6.07) is -0.709. The van der Waals surface area contributed by atoms with Crippen LogP contribution in [0.4, 0.5) is 0 Å². The number of amides is 1. The van der Waals surface area contributed by atoms with Gasteiger partial charge in [0.1, 0.15) is 6.10 Å². The quantitative estimate of drug-likeness (QED) is 0.0362. The second-order valence-electron chi connectivity index (χ2n) is 19.9. The van der Waals surface area contributed by atoms with Gasteiger partial charge in [-0.15, -0.1) is 0 Å². The molecular formula is C57H113NO4. The van der Waals surface area contributed by atoms with E-state index in [1.54, 1.807) is 0 Å². The molecule has 0 heterocycles. The predicted molar refractivity (Wildman–Crippen MR) is 273 cm³/mol. The lowest BCUT2D eigenvalue weighted by molar-refractivity contribution is -0.131. The van der Waals surface area contributed by atoms with Gasteiger partial charge in [0.05, 0.1) is 18.8 Å². The van der Waals surface area contributed by atoms with Crippen molar-refractivity contribution in [2.24, 2.45) is 0 Å². The smallest absolute Gasteiger partial charge is 0.249 e. The second kappa shape index (κ2) is 52.7. The third-order valence-corrected chi connectivity index (χ3v) is 13.6. The predicted octanol–water partition coefficient (Wildman–Crippen LogP) is 17.5. The zero-order chi connectivity index (χ0) is 45.1. The van der Waals surface area contributed by atoms with Gasteiger partial charge in [-0.3, -0.25) is 4.79 Å². The van der Waals surface area contributed by atoms with Crippen LogP contribution in [-0.2, 0) is 4.79 Å². The monoisotopic (exact) mass is 876 g/mol. The summed E-state index contributed by atoms with van der Waals surface area (Å²) in [4.78, 5) is 12.6. The maximum absolute atomic E-state index is 12.6. The Balaban J connectivity index is 3.47. The van der Waals surface area contributed by atoms with E-state index >= 15 is 0 Å². The molecule has 0 aromatic heterocycles. The normalized spacial score (nSPS) is 13.3. The standard InChI is InChI=1S/C57H113NO4/c1-3-5-7-9-11-13-15-17-19-21-22-23-24-25-26-27-28-29-30-31-32-33-34-35-36-38-40-42-44-46-48-50-52-56(61)57(62)58-54(53-59)55(60)51-49-47-45-43-41-39-37-20-18-16-14-12-10-8-6-4-2/h25-26,54-56,59-61H,3-24,27-53H2,1-2H3,(H,58,62)/b26-25-. The first-order valence-corrected chi connectivity index (χ1v) is 28.5. The highest BCUT2D eigenvalue weighted by Gasteiger charge is 2.23. The highest BCUT2D eigenvalue weighted by Crippen LogP contribution is 2.18. The number of carbonyl (C=O) groups is 1. The SMILES string of the molecule is CCCCCCCCCCCCCC/C=C\CCCCCCCCCCCCCCCCCCC(O)C(=O)NC(CO)C(O)CCCCCCCCCCCCCCCCCC. The fraction of sp³-hybridized carbons (Fsp3) is 0.947. The maximum atomic E-state index is 12.6. The molecule has 3 unspecified atom stereocenters. The fourth-order valence-electron chi connectivity index (χ4n) is 9.19. The minimum absolute atomic E-state index is 0.309. The van der Waals surface area contributed by atoms with E-state index in [1.807, 2.05) is 0 Å². The molecule has 0 aliphatic carbocycles. The summed E-state index contributed by atoms with van der Waals surface area (Å²) in [5.74, 6) is -0.464. The van der Waals surface area contributed by atoms with E-state index in [4.69, 9.17) is 0 Å². The molecule has 0 aromatic rings. The van der Waals surface area contributed by atoms with Gasteiger partial charge in [0, 0.05) is 0 Å². The minimum Gasteiger partial charge on any atom is -0.394 e. The molecule has 1 amide bonds. The van der Waals surface area contributed by atoms with Crippen LogP contribution in [0.2, 0.25) is 0 Å². The summed E-state index contributed by atoms with van der Waals surface area (Å²) >= 11 is 0. The van der Waals surface area contributed by atoms with Gasteiger partial charge in [-0.05, 0) is 38.5 Å². The van der Waals surface area contributed by atoms with E-state index in [1.165, 1.54) is 263 Å². The molecule has 0 aliphatic heterocycles. The highest BCUT2D eigenvalue weighted by atomic mass is 16.3. The van der Waals surface area contributed by atoms with Crippen LogP contribution >= 0.6 is 0 Å². The number of hydrogen-bond acceptors (Lipinski definition) is 4. The third kappa shape index (κ3) is 47.1. The zero-order valence-corrected chi connectivity index (χ0v) is 42.3. The summed E-state index contributed by atoms with van der Waals surface area (Å²) in [6.45, 7) is 4.27. The van der Waals surface area contributed by atoms with Crippen molar-refractivity contribution in [2.75, 3.05) is 6.61 Å². The van der Waals surface area contributed by atoms with Crippen molar-refractivity contribution >= 4 is 5.91 Å². The Bertz CT molecular complexity index is 879. The van der Waals surface area contributed by atoms with Crippen molar-refractivity contribution in [3.63, 3.8) is 0 Å². The van der Waals surface area contributed by atoms with Gasteiger partial charge in [0.15, 0.2) is 0 Å². The Labute approximate surface area is 389 Å². The average Bonchev–Trinajstić information content (AvgIpc) is 3.28. The van der Waals surface area contributed by atoms with Crippen molar-refractivity contribution in [3.8, 4) is 0 Å². The van der Waals surface area contributed by atoms with E-state index in [9.17, 15) is 20.1 Å². The van der Waals surface area contributed by atoms with Crippen molar-refractivity contribution in [1.29, 1.82) is 0 Å². The highest BCUT2D eigenvalue weighted by molar-refractivity contribution is 5.80. The molecule has 0 radical (unpaired) electrons. The first-order valence-electron chi connectivity index (χ1n) is 28.5. The molecule has 3 atom stereocenters. The Morgan fingerprint density at radius 1 is 0.371 bits per heavy atom. The van der Waals surface area contributed by atoms with Gasteiger partial charge in [-0.1, -0.05) is 296 Å². The molecule has 4 N–H and O–H groups in total. The molecule has 0 rings (SSSR count). The van der Waals surface area contributed by atoms with Gasteiger partial charge in [0.25, 0.3) is 0 Å². The molecule has 0 fully saturated rings. The lowest BCUT2D eigenvalue weighted by Gasteiger charge is -2.23. The first kappa shape index (κ1) is 61.1. The van der Waals surface area contributed by atoms with Gasteiger partial charge >= 0.3 is 0 Å². The fourth-order valence-corrected chi connectivity index (χ4v) is 9.19. The van der Waals surface area contributed by atoms with E-state index < -0.39 is 24.2 Å². The van der Waals surface area contributed by atoms with Crippen LogP contribution in [0.15, 0.2) is 12.2 Å². The molecule has 0 aliphatic rings. The van der Waals surface area contributed by atoms with E-state index in [0.717, 1.165) is 32.1 Å². The lowest BCUT2D eigenvalue weighted by Crippen LogP contribution is -2.49. The van der Waals surface area contributed by atoms with Gasteiger partial charge < -0.3 is 20.6 Å². The van der Waals surface area contributed by atoms with Crippen molar-refractivity contribution in [2.45, 2.75) is 340 Å². The Morgan fingerprint density at radius 2 is 0.613 bits per heavy atom. The van der Waals surface area contributed by atoms with Crippen LogP contribution in [0, 0.1) is 0 Å². The molecule has 370 valence electrons. The van der Waals surface area contributed by atoms with E-state index in [-0.39, 0.29) is 6.61 Å². The number of nitrogens with one attached hydrogen (secondary N) is 1. The maximum Gasteiger partial charge on any atom is 0.249 e. The summed E-state index contributed by atoms with van der Waals surface area (Å²) in [6.07, 6.45) is 65.5. The Kier molecular flexibility index (Phi) is 51.9. The first-order chi connectivity index (χ1) is 30.6. The molecule has 0 bridgehead atoms. The molecule has 0 saturated heterocycles. The van der Waals surface area contributed by atoms with Crippen LogP contribution in [0.25, 0.3) is 0 Å². The molecule has 5 nitrogen and oxygen atoms in total. The van der Waals surface area contributed by atoms with Crippen LogP contribution in [0.1, 0.15) is 322 Å². The second-order valence-corrected chi connectivity index (χ2v) is 19.9. The lowest BCUT2D eigenvalue weighted by atomic mass is 10.0. The van der Waals surface area contributed by atoms with Crippen molar-refractivity contribution in [3.05, 3.63) is 12.2 Å². The Morgan fingerprint density at radius 3 is 0.887 bits per heavy atom. The molecule has 0 saturated carbocycles. The molecular weight excluding hydrogens is 763 g/mol. The van der Waals surface area contributed by atoms with Crippen LogP contribution in [-0.4, -0.2) is 46.1 Å². The van der Waals surface area contributed by atoms with Crippen LogP contribution in [0.3, 0.4) is 0 Å². The number of allylic oxidation sites excluding steroid dienone is 2. The molecule has 62 heavy (non-hydrogen) atoms. The average molecular weight is 877 g/mol. The largest absolute Gasteiger partial charge is 0.394 e. The van der Waals surface area contributed by atoms with E-state index in [2.05, 4.69) is 31.3 Å². The Hall–Kier alpha value is -0.910. The van der Waals surface area contributed by atoms with E-state index in [0.29, 0.717) is 12.8 Å². The van der Waals surface area contributed by atoms with Gasteiger partial charge in [-0.2, -0.15) is 0 Å². The van der Waals surface area contributed by atoms with Crippen molar-refractivity contribution in [1.82, 2.24) is 5.32 Å². The number of aliphatic hydroxyl groups is 3. The number of rotatable bonds is 53. The summed E-state index contributed by atoms with van der Waals surface area (Å²) < 4.78 is 0. The minimum atomic E-state index is -1.07. The molecule has 0 aromatic carbocycles. The zero-order valence-electron chi connectivity index (χ0n) is 42.3. The van der Waals surface area contributed by atoms with Crippen LogP contribution in [0.5, 0.6) is 0 Å². The number of aliphatic hydroxyl groups excluding tert-OH is 3. The summed E-state index contributed by atoms with van der Waals surface area (Å²) in [5.41, 5.74) is 0. The van der Waals surface area contributed by atoms with Crippen molar-refractivity contribution < 1.29 is 20.1 Å².